The van der Waals surface area contributed by atoms with Crippen LogP contribution in [0.5, 0.6) is 0 Å². The van der Waals surface area contributed by atoms with Gasteiger partial charge in [0.1, 0.15) is 0 Å². The average Bonchev–Trinajstić information content (AvgIpc) is 2.19. The normalized spacial score (nSPS) is 13.6. The van der Waals surface area contributed by atoms with Crippen molar-refractivity contribution in [2.24, 2.45) is 5.92 Å². The summed E-state index contributed by atoms with van der Waals surface area (Å²) in [5.41, 5.74) is 0. The lowest BCUT2D eigenvalue weighted by atomic mass is 10.1. The molecule has 0 aliphatic rings. The molecule has 0 aromatic heterocycles. The molecule has 4 nitrogen and oxygen atoms in total. The lowest BCUT2D eigenvalue weighted by Gasteiger charge is -2.16. The van der Waals surface area contributed by atoms with Crippen LogP contribution in [0.4, 0.5) is 13.2 Å². The summed E-state index contributed by atoms with van der Waals surface area (Å²) < 4.78 is 36.6. The second-order valence-electron chi connectivity index (χ2n) is 3.33. The SMILES string of the molecule is O=C(O)C(CNCCSCCCO)C(F)(F)F. The van der Waals surface area contributed by atoms with E-state index < -0.39 is 24.6 Å². The third-order valence-electron chi connectivity index (χ3n) is 1.91. The molecule has 0 aromatic rings. The molecular formula is C9H16F3NO3S. The Balaban J connectivity index is 3.67. The zero-order chi connectivity index (χ0) is 13.3. The number of hydrogen-bond acceptors (Lipinski definition) is 4. The summed E-state index contributed by atoms with van der Waals surface area (Å²) in [5, 5.41) is 19.3. The second kappa shape index (κ2) is 8.60. The van der Waals surface area contributed by atoms with Crippen LogP contribution in [0.25, 0.3) is 0 Å². The monoisotopic (exact) mass is 275 g/mol. The molecule has 8 heteroatoms. The summed E-state index contributed by atoms with van der Waals surface area (Å²) in [6.45, 7) is -0.203. The molecule has 0 heterocycles. The van der Waals surface area contributed by atoms with Gasteiger partial charge in [-0.15, -0.1) is 0 Å². The quantitative estimate of drug-likeness (QED) is 0.547. The Hall–Kier alpha value is -0.470. The van der Waals surface area contributed by atoms with E-state index in [2.05, 4.69) is 5.32 Å². The van der Waals surface area contributed by atoms with Crippen molar-refractivity contribution in [2.75, 3.05) is 31.2 Å². The maximum Gasteiger partial charge on any atom is 0.403 e. The lowest BCUT2D eigenvalue weighted by molar-refractivity contribution is -0.192. The van der Waals surface area contributed by atoms with E-state index in [0.29, 0.717) is 18.7 Å². The molecule has 0 bridgehead atoms. The third kappa shape index (κ3) is 8.28. The number of thioether (sulfide) groups is 1. The van der Waals surface area contributed by atoms with E-state index in [9.17, 15) is 18.0 Å². The summed E-state index contributed by atoms with van der Waals surface area (Å²) >= 11 is 1.49. The highest BCUT2D eigenvalue weighted by atomic mass is 32.2. The van der Waals surface area contributed by atoms with Gasteiger partial charge in [0.05, 0.1) is 0 Å². The van der Waals surface area contributed by atoms with Gasteiger partial charge < -0.3 is 15.5 Å². The fourth-order valence-electron chi connectivity index (χ4n) is 1.00. The van der Waals surface area contributed by atoms with Gasteiger partial charge in [0.2, 0.25) is 0 Å². The average molecular weight is 275 g/mol. The Bertz CT molecular complexity index is 226. The van der Waals surface area contributed by atoms with Crippen LogP contribution in [-0.2, 0) is 4.79 Å². The van der Waals surface area contributed by atoms with Crippen LogP contribution in [0, 0.1) is 5.92 Å². The van der Waals surface area contributed by atoms with Gasteiger partial charge in [-0.25, -0.2) is 0 Å². The van der Waals surface area contributed by atoms with Crippen LogP contribution in [-0.4, -0.2) is 53.6 Å². The van der Waals surface area contributed by atoms with Crippen molar-refractivity contribution in [3.63, 3.8) is 0 Å². The van der Waals surface area contributed by atoms with E-state index in [-0.39, 0.29) is 6.61 Å². The van der Waals surface area contributed by atoms with Gasteiger partial charge in [-0.1, -0.05) is 0 Å². The lowest BCUT2D eigenvalue weighted by Crippen LogP contribution is -2.39. The standard InChI is InChI=1S/C9H16F3NO3S/c10-9(11,12)7(8(15)16)6-13-2-5-17-4-1-3-14/h7,13-14H,1-6H2,(H,15,16). The second-order valence-corrected chi connectivity index (χ2v) is 4.55. The third-order valence-corrected chi connectivity index (χ3v) is 2.98. The molecule has 0 fully saturated rings. The molecule has 0 radical (unpaired) electrons. The van der Waals surface area contributed by atoms with Crippen molar-refractivity contribution < 1.29 is 28.2 Å². The van der Waals surface area contributed by atoms with Gasteiger partial charge in [0.25, 0.3) is 0 Å². The van der Waals surface area contributed by atoms with Crippen LogP contribution in [0.15, 0.2) is 0 Å². The number of aliphatic hydroxyl groups is 1. The molecule has 0 spiro atoms. The number of aliphatic carboxylic acids is 1. The first-order chi connectivity index (χ1) is 7.89. The van der Waals surface area contributed by atoms with Crippen LogP contribution in [0.1, 0.15) is 6.42 Å². The summed E-state index contributed by atoms with van der Waals surface area (Å²) in [7, 11) is 0. The van der Waals surface area contributed by atoms with E-state index in [1.54, 1.807) is 0 Å². The Morgan fingerprint density at radius 3 is 2.47 bits per heavy atom. The molecule has 1 unspecified atom stereocenters. The fraction of sp³-hybridized carbons (Fsp3) is 0.889. The minimum Gasteiger partial charge on any atom is -0.481 e. The van der Waals surface area contributed by atoms with E-state index in [1.165, 1.54) is 11.8 Å². The Labute approximate surface area is 102 Å². The molecule has 0 aliphatic heterocycles. The topological polar surface area (TPSA) is 69.6 Å². The highest BCUT2D eigenvalue weighted by Crippen LogP contribution is 2.25. The first kappa shape index (κ1) is 16.5. The number of alkyl halides is 3. The van der Waals surface area contributed by atoms with Gasteiger partial charge in [-0.3, -0.25) is 4.79 Å². The van der Waals surface area contributed by atoms with Crippen LogP contribution in [0.2, 0.25) is 0 Å². The Morgan fingerprint density at radius 1 is 1.35 bits per heavy atom. The van der Waals surface area contributed by atoms with Crippen molar-refractivity contribution in [1.29, 1.82) is 0 Å². The minimum absolute atomic E-state index is 0.0928. The first-order valence-corrected chi connectivity index (χ1v) is 6.24. The largest absolute Gasteiger partial charge is 0.481 e. The molecule has 17 heavy (non-hydrogen) atoms. The van der Waals surface area contributed by atoms with Crippen LogP contribution >= 0.6 is 11.8 Å². The van der Waals surface area contributed by atoms with Crippen molar-refractivity contribution in [2.45, 2.75) is 12.6 Å². The molecule has 3 N–H and O–H groups in total. The number of halogens is 3. The van der Waals surface area contributed by atoms with Crippen molar-refractivity contribution in [3.8, 4) is 0 Å². The van der Waals surface area contributed by atoms with Crippen LogP contribution < -0.4 is 5.32 Å². The highest BCUT2D eigenvalue weighted by molar-refractivity contribution is 7.99. The highest BCUT2D eigenvalue weighted by Gasteiger charge is 2.44. The molecule has 0 saturated heterocycles. The van der Waals surface area contributed by atoms with E-state index in [4.69, 9.17) is 10.2 Å². The molecule has 1 atom stereocenters. The summed E-state index contributed by atoms with van der Waals surface area (Å²) in [5.74, 6) is -2.90. The number of hydrogen-bond donors (Lipinski definition) is 3. The first-order valence-electron chi connectivity index (χ1n) is 5.08. The molecule has 0 rings (SSSR count). The molecular weight excluding hydrogens is 259 g/mol. The molecule has 102 valence electrons. The Morgan fingerprint density at radius 2 is 2.00 bits per heavy atom. The maximum atomic E-state index is 12.2. The van der Waals surface area contributed by atoms with Gasteiger partial charge in [-0.2, -0.15) is 24.9 Å². The number of aliphatic hydroxyl groups excluding tert-OH is 1. The number of carboxylic acids is 1. The Kier molecular flexibility index (Phi) is 8.36. The number of carbonyl (C=O) groups is 1. The zero-order valence-electron chi connectivity index (χ0n) is 9.16. The van der Waals surface area contributed by atoms with Crippen LogP contribution in [0.3, 0.4) is 0 Å². The minimum atomic E-state index is -4.72. The number of carboxylic acid groups (broad SMARTS) is 1. The van der Waals surface area contributed by atoms with E-state index >= 15 is 0 Å². The van der Waals surface area contributed by atoms with Gasteiger partial charge in [-0.05, 0) is 12.2 Å². The maximum absolute atomic E-state index is 12.2. The molecule has 0 amide bonds. The van der Waals surface area contributed by atoms with Crippen molar-refractivity contribution >= 4 is 17.7 Å². The molecule has 0 aromatic carbocycles. The number of rotatable bonds is 9. The van der Waals surface area contributed by atoms with Crippen molar-refractivity contribution in [1.82, 2.24) is 5.32 Å². The number of nitrogens with one attached hydrogen (secondary N) is 1. The molecule has 0 saturated carbocycles. The van der Waals surface area contributed by atoms with E-state index in [1.807, 2.05) is 0 Å². The van der Waals surface area contributed by atoms with Crippen molar-refractivity contribution in [3.05, 3.63) is 0 Å². The predicted octanol–water partition coefficient (Wildman–Crippen LogP) is 0.955. The molecule has 0 aliphatic carbocycles. The summed E-state index contributed by atoms with van der Waals surface area (Å²) in [6.07, 6.45) is -4.08. The van der Waals surface area contributed by atoms with Gasteiger partial charge in [0, 0.05) is 25.4 Å². The summed E-state index contributed by atoms with van der Waals surface area (Å²) in [6, 6.07) is 0. The van der Waals surface area contributed by atoms with Gasteiger partial charge >= 0.3 is 12.1 Å². The summed E-state index contributed by atoms with van der Waals surface area (Å²) in [4.78, 5) is 10.4. The predicted molar refractivity (Wildman–Crippen MR) is 59.1 cm³/mol. The smallest absolute Gasteiger partial charge is 0.403 e. The fourth-order valence-corrected chi connectivity index (χ4v) is 1.83. The van der Waals surface area contributed by atoms with E-state index in [0.717, 1.165) is 5.75 Å². The van der Waals surface area contributed by atoms with Gasteiger partial charge in [0.15, 0.2) is 5.92 Å². The zero-order valence-corrected chi connectivity index (χ0v) is 9.98.